The summed E-state index contributed by atoms with van der Waals surface area (Å²) in [4.78, 5) is 25.0. The van der Waals surface area contributed by atoms with Crippen molar-refractivity contribution in [1.29, 1.82) is 0 Å². The van der Waals surface area contributed by atoms with E-state index in [1.165, 1.54) is 0 Å². The lowest BCUT2D eigenvalue weighted by molar-refractivity contribution is 0.0725. The van der Waals surface area contributed by atoms with Crippen LogP contribution in [0.4, 0.5) is 0 Å². The molecule has 0 saturated heterocycles. The SMILES string of the molecule is Cc1ccccc1C(=O)Oc1ccc2ccc(OC(=O)c3ccccc3C)cc2c1. The first kappa shape index (κ1) is 19.4. The third-order valence-electron chi connectivity index (χ3n) is 4.93. The molecule has 0 aliphatic carbocycles. The number of esters is 2. The van der Waals surface area contributed by atoms with Gasteiger partial charge in [-0.1, -0.05) is 48.5 Å². The van der Waals surface area contributed by atoms with Crippen LogP contribution in [0.25, 0.3) is 10.8 Å². The maximum absolute atomic E-state index is 12.5. The van der Waals surface area contributed by atoms with E-state index < -0.39 is 11.9 Å². The van der Waals surface area contributed by atoms with E-state index in [1.807, 2.05) is 50.2 Å². The molecule has 0 heterocycles. The van der Waals surface area contributed by atoms with Gasteiger partial charge in [-0.2, -0.15) is 0 Å². The van der Waals surface area contributed by atoms with Crippen LogP contribution >= 0.6 is 0 Å². The zero-order chi connectivity index (χ0) is 21.1. The molecule has 0 aliphatic rings. The van der Waals surface area contributed by atoms with Crippen LogP contribution in [0, 0.1) is 13.8 Å². The monoisotopic (exact) mass is 396 g/mol. The van der Waals surface area contributed by atoms with E-state index in [2.05, 4.69) is 0 Å². The van der Waals surface area contributed by atoms with Gasteiger partial charge in [0.2, 0.25) is 0 Å². The first-order chi connectivity index (χ1) is 14.5. The van der Waals surface area contributed by atoms with Gasteiger partial charge in [-0.3, -0.25) is 0 Å². The van der Waals surface area contributed by atoms with Gasteiger partial charge in [0.25, 0.3) is 0 Å². The Balaban J connectivity index is 1.57. The first-order valence-electron chi connectivity index (χ1n) is 9.61. The summed E-state index contributed by atoms with van der Waals surface area (Å²) >= 11 is 0. The third kappa shape index (κ3) is 4.08. The highest BCUT2D eigenvalue weighted by Gasteiger charge is 2.13. The van der Waals surface area contributed by atoms with Crippen LogP contribution in [-0.2, 0) is 0 Å². The van der Waals surface area contributed by atoms with E-state index in [1.54, 1.807) is 48.5 Å². The third-order valence-corrected chi connectivity index (χ3v) is 4.93. The molecule has 4 aromatic carbocycles. The normalized spacial score (nSPS) is 10.6. The number of hydrogen-bond donors (Lipinski definition) is 0. The Hall–Kier alpha value is -3.92. The molecule has 0 fully saturated rings. The highest BCUT2D eigenvalue weighted by molar-refractivity contribution is 5.95. The summed E-state index contributed by atoms with van der Waals surface area (Å²) in [7, 11) is 0. The number of hydrogen-bond acceptors (Lipinski definition) is 4. The second kappa shape index (κ2) is 8.21. The molecule has 0 unspecified atom stereocenters. The molecule has 4 nitrogen and oxygen atoms in total. The Labute approximate surface area is 174 Å². The average molecular weight is 396 g/mol. The number of fused-ring (bicyclic) bond motifs is 1. The maximum atomic E-state index is 12.5. The molecule has 0 spiro atoms. The highest BCUT2D eigenvalue weighted by atomic mass is 16.5. The first-order valence-corrected chi connectivity index (χ1v) is 9.61. The topological polar surface area (TPSA) is 52.6 Å². The van der Waals surface area contributed by atoms with E-state index >= 15 is 0 Å². The summed E-state index contributed by atoms with van der Waals surface area (Å²) in [5.74, 6) is 0.0421. The minimum atomic E-state index is -0.408. The molecule has 0 aromatic heterocycles. The Morgan fingerprint density at radius 1 is 0.567 bits per heavy atom. The Morgan fingerprint density at radius 3 is 1.43 bits per heavy atom. The van der Waals surface area contributed by atoms with Gasteiger partial charge in [-0.05, 0) is 72.1 Å². The lowest BCUT2D eigenvalue weighted by Gasteiger charge is -2.09. The van der Waals surface area contributed by atoms with Gasteiger partial charge < -0.3 is 9.47 Å². The molecule has 30 heavy (non-hydrogen) atoms. The molecule has 4 heteroatoms. The number of carbonyl (C=O) groups excluding carboxylic acids is 2. The van der Waals surface area contributed by atoms with Gasteiger partial charge in [0.05, 0.1) is 11.1 Å². The molecular weight excluding hydrogens is 376 g/mol. The van der Waals surface area contributed by atoms with Gasteiger partial charge in [0.1, 0.15) is 11.5 Å². The molecule has 0 saturated carbocycles. The number of benzene rings is 4. The quantitative estimate of drug-likeness (QED) is 0.319. The van der Waals surface area contributed by atoms with Crippen molar-refractivity contribution in [3.05, 3.63) is 107 Å². The fourth-order valence-electron chi connectivity index (χ4n) is 3.26. The number of ether oxygens (including phenoxy) is 2. The van der Waals surface area contributed by atoms with Crippen LogP contribution in [0.15, 0.2) is 84.9 Å². The maximum Gasteiger partial charge on any atom is 0.343 e. The summed E-state index contributed by atoms with van der Waals surface area (Å²) in [5.41, 5.74) is 2.76. The van der Waals surface area contributed by atoms with Crippen molar-refractivity contribution < 1.29 is 19.1 Å². The molecule has 0 atom stereocenters. The van der Waals surface area contributed by atoms with Crippen molar-refractivity contribution in [3.8, 4) is 11.5 Å². The van der Waals surface area contributed by atoms with E-state index in [9.17, 15) is 9.59 Å². The predicted molar refractivity (Wildman–Crippen MR) is 116 cm³/mol. The van der Waals surface area contributed by atoms with Crippen LogP contribution in [-0.4, -0.2) is 11.9 Å². The summed E-state index contributed by atoms with van der Waals surface area (Å²) < 4.78 is 11.1. The van der Waals surface area contributed by atoms with Crippen molar-refractivity contribution >= 4 is 22.7 Å². The highest BCUT2D eigenvalue weighted by Crippen LogP contribution is 2.26. The second-order valence-corrected chi connectivity index (χ2v) is 7.08. The molecule has 0 amide bonds. The molecule has 0 radical (unpaired) electrons. The Kier molecular flexibility index (Phi) is 5.31. The summed E-state index contributed by atoms with van der Waals surface area (Å²) in [5, 5.41) is 1.75. The van der Waals surface area contributed by atoms with Crippen molar-refractivity contribution in [2.24, 2.45) is 0 Å². The zero-order valence-corrected chi connectivity index (χ0v) is 16.7. The lowest BCUT2D eigenvalue weighted by Crippen LogP contribution is -2.10. The molecule has 148 valence electrons. The second-order valence-electron chi connectivity index (χ2n) is 7.08. The molecule has 4 rings (SSSR count). The summed E-state index contributed by atoms with van der Waals surface area (Å²) in [6, 6.07) is 25.3. The summed E-state index contributed by atoms with van der Waals surface area (Å²) in [6.07, 6.45) is 0. The van der Waals surface area contributed by atoms with Crippen molar-refractivity contribution in [3.63, 3.8) is 0 Å². The number of aryl methyl sites for hydroxylation is 2. The zero-order valence-electron chi connectivity index (χ0n) is 16.7. The van der Waals surface area contributed by atoms with Crippen molar-refractivity contribution in [2.75, 3.05) is 0 Å². The van der Waals surface area contributed by atoms with Crippen LogP contribution in [0.2, 0.25) is 0 Å². The van der Waals surface area contributed by atoms with Crippen LogP contribution < -0.4 is 9.47 Å². The fraction of sp³-hybridized carbons (Fsp3) is 0.0769. The van der Waals surface area contributed by atoms with Crippen LogP contribution in [0.3, 0.4) is 0 Å². The van der Waals surface area contributed by atoms with Gasteiger partial charge in [0, 0.05) is 0 Å². The van der Waals surface area contributed by atoms with Gasteiger partial charge in [0.15, 0.2) is 0 Å². The molecule has 4 aromatic rings. The van der Waals surface area contributed by atoms with Gasteiger partial charge in [-0.15, -0.1) is 0 Å². The Morgan fingerprint density at radius 2 is 1.00 bits per heavy atom. The molecule has 0 bridgehead atoms. The smallest absolute Gasteiger partial charge is 0.343 e. The number of carbonyl (C=O) groups is 2. The summed E-state index contributed by atoms with van der Waals surface area (Å²) in [6.45, 7) is 3.73. The van der Waals surface area contributed by atoms with Crippen molar-refractivity contribution in [1.82, 2.24) is 0 Å². The van der Waals surface area contributed by atoms with E-state index in [-0.39, 0.29) is 0 Å². The van der Waals surface area contributed by atoms with E-state index in [0.29, 0.717) is 22.6 Å². The van der Waals surface area contributed by atoms with Crippen LogP contribution in [0.5, 0.6) is 11.5 Å². The molecule has 0 N–H and O–H groups in total. The van der Waals surface area contributed by atoms with Gasteiger partial charge in [-0.25, -0.2) is 9.59 Å². The minimum Gasteiger partial charge on any atom is -0.423 e. The van der Waals surface area contributed by atoms with E-state index in [0.717, 1.165) is 21.9 Å². The Bertz CT molecular complexity index is 1160. The fourth-order valence-corrected chi connectivity index (χ4v) is 3.26. The molecular formula is C26H20O4. The standard InChI is InChI=1S/C26H20O4/c1-17-7-3-5-9-23(17)25(27)29-21-13-11-19-12-14-22(16-20(19)15-21)30-26(28)24-10-6-4-8-18(24)2/h3-16H,1-2H3. The number of rotatable bonds is 4. The molecule has 0 aliphatic heterocycles. The predicted octanol–water partition coefficient (Wildman–Crippen LogP) is 5.90. The lowest BCUT2D eigenvalue weighted by atomic mass is 10.1. The van der Waals surface area contributed by atoms with Crippen molar-refractivity contribution in [2.45, 2.75) is 13.8 Å². The van der Waals surface area contributed by atoms with Crippen LogP contribution in [0.1, 0.15) is 31.8 Å². The van der Waals surface area contributed by atoms with E-state index in [4.69, 9.17) is 9.47 Å². The average Bonchev–Trinajstić information content (AvgIpc) is 2.74. The largest absolute Gasteiger partial charge is 0.423 e. The minimum absolute atomic E-state index is 0.408. The van der Waals surface area contributed by atoms with Gasteiger partial charge >= 0.3 is 11.9 Å².